The van der Waals surface area contributed by atoms with Crippen LogP contribution in [0, 0.1) is 0 Å². The second-order valence-corrected chi connectivity index (χ2v) is 4.10. The summed E-state index contributed by atoms with van der Waals surface area (Å²) in [4.78, 5) is 27.1. The molecule has 0 saturated heterocycles. The summed E-state index contributed by atoms with van der Waals surface area (Å²) in [5, 5.41) is 3.16. The first-order valence-electron chi connectivity index (χ1n) is 5.67. The molecule has 2 rings (SSSR count). The van der Waals surface area contributed by atoms with E-state index in [-0.39, 0.29) is 18.4 Å². The summed E-state index contributed by atoms with van der Waals surface area (Å²) >= 11 is 0. The molecule has 0 bridgehead atoms. The molecule has 0 spiro atoms. The van der Waals surface area contributed by atoms with Crippen molar-refractivity contribution in [2.75, 3.05) is 13.2 Å². The molecule has 18 heavy (non-hydrogen) atoms. The van der Waals surface area contributed by atoms with Gasteiger partial charge in [0.2, 0.25) is 5.91 Å². The van der Waals surface area contributed by atoms with Crippen molar-refractivity contribution in [1.29, 1.82) is 0 Å². The normalized spacial score (nSPS) is 17.9. The lowest BCUT2D eigenvalue weighted by Gasteiger charge is -2.25. The van der Waals surface area contributed by atoms with E-state index < -0.39 is 5.91 Å². The lowest BCUT2D eigenvalue weighted by Crippen LogP contribution is -2.39. The van der Waals surface area contributed by atoms with Crippen LogP contribution in [0.2, 0.25) is 0 Å². The van der Waals surface area contributed by atoms with Crippen molar-refractivity contribution >= 4 is 11.8 Å². The second kappa shape index (κ2) is 5.61. The van der Waals surface area contributed by atoms with Crippen LogP contribution in [0.3, 0.4) is 0 Å². The Balaban J connectivity index is 2.01. The first-order valence-corrected chi connectivity index (χ1v) is 5.67. The summed E-state index contributed by atoms with van der Waals surface area (Å²) in [6.07, 6.45) is 0. The molecule has 0 aromatic heterocycles. The van der Waals surface area contributed by atoms with Crippen LogP contribution in [-0.2, 0) is 21.0 Å². The fraction of sp³-hybridized carbons (Fsp3) is 0.333. The van der Waals surface area contributed by atoms with Crippen LogP contribution < -0.4 is 16.5 Å². The highest BCUT2D eigenvalue weighted by Crippen LogP contribution is 2.23. The second-order valence-electron chi connectivity index (χ2n) is 4.10. The zero-order chi connectivity index (χ0) is 13.0. The Labute approximate surface area is 104 Å². The van der Waals surface area contributed by atoms with Crippen LogP contribution in [0.1, 0.15) is 17.0 Å². The minimum atomic E-state index is -0.627. The number of hydrogen-bond donors (Lipinski definition) is 3. The fourth-order valence-corrected chi connectivity index (χ4v) is 1.98. The summed E-state index contributed by atoms with van der Waals surface area (Å²) in [6, 6.07) is 7.74. The lowest BCUT2D eigenvalue weighted by molar-refractivity contribution is -0.139. The zero-order valence-corrected chi connectivity index (χ0v) is 9.81. The molecule has 1 aromatic rings. The third kappa shape index (κ3) is 2.85. The van der Waals surface area contributed by atoms with Gasteiger partial charge in [-0.15, -0.1) is 0 Å². The smallest absolute Gasteiger partial charge is 0.252 e. The maximum atomic E-state index is 11.9. The number of hydroxylamine groups is 1. The molecule has 0 saturated carbocycles. The van der Waals surface area contributed by atoms with E-state index in [2.05, 4.69) is 10.8 Å². The molecule has 1 heterocycles. The Hall–Kier alpha value is -1.92. The largest absolute Gasteiger partial charge is 0.368 e. The van der Waals surface area contributed by atoms with Crippen LogP contribution in [0.4, 0.5) is 0 Å². The molecule has 0 radical (unpaired) electrons. The van der Waals surface area contributed by atoms with Gasteiger partial charge in [-0.3, -0.25) is 14.4 Å². The van der Waals surface area contributed by atoms with Crippen LogP contribution in [-0.4, -0.2) is 25.0 Å². The average Bonchev–Trinajstić information content (AvgIpc) is 2.37. The van der Waals surface area contributed by atoms with E-state index >= 15 is 0 Å². The number of nitrogens with two attached hydrogens (primary N) is 1. The standard InChI is InChI=1S/C12H15N3O3/c13-11(16)7-18-15-12(17)10-6-14-5-8-3-1-2-4-9(8)10/h1-4,10,14H,5-7H2,(H2,13,16)(H,15,17). The fourth-order valence-electron chi connectivity index (χ4n) is 1.98. The molecular formula is C12H15N3O3. The van der Waals surface area contributed by atoms with Crippen LogP contribution in [0.15, 0.2) is 24.3 Å². The van der Waals surface area contributed by atoms with Crippen molar-refractivity contribution in [1.82, 2.24) is 10.8 Å². The van der Waals surface area contributed by atoms with Crippen LogP contribution in [0.25, 0.3) is 0 Å². The van der Waals surface area contributed by atoms with E-state index in [0.717, 1.165) is 17.7 Å². The minimum Gasteiger partial charge on any atom is -0.368 e. The van der Waals surface area contributed by atoms with Gasteiger partial charge in [0.25, 0.3) is 5.91 Å². The Morgan fingerprint density at radius 3 is 3.00 bits per heavy atom. The van der Waals surface area contributed by atoms with E-state index in [1.807, 2.05) is 24.3 Å². The van der Waals surface area contributed by atoms with Crippen molar-refractivity contribution in [3.63, 3.8) is 0 Å². The van der Waals surface area contributed by atoms with Gasteiger partial charge in [-0.2, -0.15) is 0 Å². The Morgan fingerprint density at radius 1 is 1.44 bits per heavy atom. The van der Waals surface area contributed by atoms with Gasteiger partial charge in [0.1, 0.15) is 0 Å². The maximum Gasteiger partial charge on any atom is 0.252 e. The van der Waals surface area contributed by atoms with Crippen molar-refractivity contribution < 1.29 is 14.4 Å². The number of carbonyl (C=O) groups is 2. The quantitative estimate of drug-likeness (QED) is 0.621. The van der Waals surface area contributed by atoms with Crippen molar-refractivity contribution in [2.24, 2.45) is 5.73 Å². The highest BCUT2D eigenvalue weighted by atomic mass is 16.7. The number of fused-ring (bicyclic) bond motifs is 1. The van der Waals surface area contributed by atoms with E-state index in [4.69, 9.17) is 10.6 Å². The Bertz CT molecular complexity index is 462. The van der Waals surface area contributed by atoms with Crippen molar-refractivity contribution in [3.05, 3.63) is 35.4 Å². The average molecular weight is 249 g/mol. The van der Waals surface area contributed by atoms with Gasteiger partial charge in [-0.25, -0.2) is 5.48 Å². The predicted octanol–water partition coefficient (Wildman–Crippen LogP) is -0.593. The van der Waals surface area contributed by atoms with Gasteiger partial charge in [-0.1, -0.05) is 24.3 Å². The Morgan fingerprint density at radius 2 is 2.22 bits per heavy atom. The van der Waals surface area contributed by atoms with E-state index in [1.165, 1.54) is 0 Å². The number of carbonyl (C=O) groups excluding carboxylic acids is 2. The zero-order valence-electron chi connectivity index (χ0n) is 9.81. The van der Waals surface area contributed by atoms with Gasteiger partial charge in [0.15, 0.2) is 6.61 Å². The number of rotatable bonds is 4. The summed E-state index contributed by atoms with van der Waals surface area (Å²) in [5.41, 5.74) is 9.23. The molecular weight excluding hydrogens is 234 g/mol. The number of primary amides is 1. The third-order valence-electron chi connectivity index (χ3n) is 2.80. The molecule has 1 aliphatic rings. The van der Waals surface area contributed by atoms with Gasteiger partial charge in [0.05, 0.1) is 5.92 Å². The third-order valence-corrected chi connectivity index (χ3v) is 2.80. The molecule has 4 N–H and O–H groups in total. The van der Waals surface area contributed by atoms with E-state index in [0.29, 0.717) is 6.54 Å². The first-order chi connectivity index (χ1) is 8.68. The SMILES string of the molecule is NC(=O)CONC(=O)C1CNCc2ccccc21. The number of amides is 2. The Kier molecular flexibility index (Phi) is 3.91. The molecule has 0 fully saturated rings. The molecule has 1 unspecified atom stereocenters. The van der Waals surface area contributed by atoms with Gasteiger partial charge in [-0.05, 0) is 11.1 Å². The van der Waals surface area contributed by atoms with Gasteiger partial charge >= 0.3 is 0 Å². The summed E-state index contributed by atoms with van der Waals surface area (Å²) < 4.78 is 0. The van der Waals surface area contributed by atoms with Gasteiger partial charge < -0.3 is 11.1 Å². The molecule has 96 valence electrons. The molecule has 1 atom stereocenters. The molecule has 0 aliphatic carbocycles. The monoisotopic (exact) mass is 249 g/mol. The molecule has 1 aliphatic heterocycles. The summed E-state index contributed by atoms with van der Waals surface area (Å²) in [7, 11) is 0. The number of benzene rings is 1. The highest BCUT2D eigenvalue weighted by molar-refractivity contribution is 5.84. The van der Waals surface area contributed by atoms with Crippen molar-refractivity contribution in [2.45, 2.75) is 12.5 Å². The first kappa shape index (κ1) is 12.5. The molecule has 6 nitrogen and oxygen atoms in total. The van der Waals surface area contributed by atoms with E-state index in [9.17, 15) is 9.59 Å². The van der Waals surface area contributed by atoms with Gasteiger partial charge in [0, 0.05) is 13.1 Å². The molecule has 6 heteroatoms. The topological polar surface area (TPSA) is 93.5 Å². The molecule has 1 aromatic carbocycles. The van der Waals surface area contributed by atoms with Crippen LogP contribution in [0.5, 0.6) is 0 Å². The van der Waals surface area contributed by atoms with Crippen molar-refractivity contribution in [3.8, 4) is 0 Å². The number of hydrogen-bond acceptors (Lipinski definition) is 4. The summed E-state index contributed by atoms with van der Waals surface area (Å²) in [5.74, 6) is -1.23. The summed E-state index contributed by atoms with van der Waals surface area (Å²) in [6.45, 7) is 0.971. The van der Waals surface area contributed by atoms with Crippen LogP contribution >= 0.6 is 0 Å². The minimum absolute atomic E-state index is 0.282. The lowest BCUT2D eigenvalue weighted by atomic mass is 9.90. The number of nitrogens with one attached hydrogen (secondary N) is 2. The highest BCUT2D eigenvalue weighted by Gasteiger charge is 2.26. The molecule has 2 amide bonds. The maximum absolute atomic E-state index is 11.9. The predicted molar refractivity (Wildman–Crippen MR) is 64.2 cm³/mol. The van der Waals surface area contributed by atoms with E-state index in [1.54, 1.807) is 0 Å².